The Bertz CT molecular complexity index is 1270. The number of hydrogen-bond donors (Lipinski definition) is 2. The Morgan fingerprint density at radius 3 is 2.26 bits per heavy atom. The molecule has 3 aromatic carbocycles. The first-order chi connectivity index (χ1) is 16.8. The van der Waals surface area contributed by atoms with Crippen LogP contribution < -0.4 is 10.0 Å². The van der Waals surface area contributed by atoms with Crippen LogP contribution in [0.5, 0.6) is 0 Å². The number of nitrogens with one attached hydrogen (secondary N) is 2. The van der Waals surface area contributed by atoms with E-state index in [2.05, 4.69) is 14.9 Å². The van der Waals surface area contributed by atoms with Gasteiger partial charge in [0.1, 0.15) is 0 Å². The van der Waals surface area contributed by atoms with E-state index in [1.165, 1.54) is 5.56 Å². The highest BCUT2D eigenvalue weighted by atomic mass is 32.2. The largest absolute Gasteiger partial charge is 0.379 e. The Hall–Kier alpha value is -3.20. The van der Waals surface area contributed by atoms with E-state index in [0.717, 1.165) is 44.8 Å². The van der Waals surface area contributed by atoms with Crippen molar-refractivity contribution in [3.8, 4) is 0 Å². The number of anilines is 2. The molecule has 8 heteroatoms. The van der Waals surface area contributed by atoms with Crippen LogP contribution in [0.4, 0.5) is 11.4 Å². The van der Waals surface area contributed by atoms with Crippen molar-refractivity contribution in [2.45, 2.75) is 25.2 Å². The van der Waals surface area contributed by atoms with Gasteiger partial charge < -0.3 is 10.1 Å². The number of carbonyl (C=O) groups excluding carboxylic acids is 1. The molecule has 1 aliphatic heterocycles. The maximum atomic E-state index is 12.8. The van der Waals surface area contributed by atoms with E-state index in [1.54, 1.807) is 43.3 Å². The molecule has 7 nitrogen and oxygen atoms in total. The quantitative estimate of drug-likeness (QED) is 0.490. The first kappa shape index (κ1) is 24.9. The van der Waals surface area contributed by atoms with Crippen LogP contribution in [0.2, 0.25) is 0 Å². The molecule has 0 radical (unpaired) electrons. The van der Waals surface area contributed by atoms with E-state index >= 15 is 0 Å². The minimum atomic E-state index is -3.72. The predicted octanol–water partition coefficient (Wildman–Crippen LogP) is 4.23. The van der Waals surface area contributed by atoms with E-state index < -0.39 is 10.0 Å². The summed E-state index contributed by atoms with van der Waals surface area (Å²) in [5.41, 5.74) is 4.31. The molecule has 0 aromatic heterocycles. The number of nitrogens with zero attached hydrogens (tertiary/aromatic N) is 1. The molecule has 1 fully saturated rings. The zero-order valence-electron chi connectivity index (χ0n) is 20.1. The van der Waals surface area contributed by atoms with E-state index in [1.807, 2.05) is 37.3 Å². The second kappa shape index (κ2) is 11.0. The minimum absolute atomic E-state index is 0.243. The Morgan fingerprint density at radius 1 is 0.914 bits per heavy atom. The van der Waals surface area contributed by atoms with Gasteiger partial charge in [0.05, 0.1) is 18.1 Å². The van der Waals surface area contributed by atoms with Crippen LogP contribution in [0, 0.1) is 13.8 Å². The number of ether oxygens (including phenoxy) is 1. The van der Waals surface area contributed by atoms with Gasteiger partial charge >= 0.3 is 0 Å². The zero-order valence-corrected chi connectivity index (χ0v) is 20.9. The number of carbonyl (C=O) groups is 1. The van der Waals surface area contributed by atoms with Crippen molar-refractivity contribution in [3.05, 3.63) is 89.0 Å². The van der Waals surface area contributed by atoms with E-state index in [0.29, 0.717) is 22.5 Å². The van der Waals surface area contributed by atoms with Crippen LogP contribution in [0.15, 0.2) is 71.6 Å². The van der Waals surface area contributed by atoms with Crippen LogP contribution >= 0.6 is 0 Å². The first-order valence-corrected chi connectivity index (χ1v) is 13.2. The Labute approximate surface area is 207 Å². The lowest BCUT2D eigenvalue weighted by Gasteiger charge is -2.26. The van der Waals surface area contributed by atoms with Gasteiger partial charge in [-0.1, -0.05) is 24.3 Å². The van der Waals surface area contributed by atoms with Crippen molar-refractivity contribution in [1.29, 1.82) is 0 Å². The van der Waals surface area contributed by atoms with Crippen LogP contribution in [0.3, 0.4) is 0 Å². The van der Waals surface area contributed by atoms with Gasteiger partial charge in [-0.25, -0.2) is 8.42 Å². The van der Waals surface area contributed by atoms with Gasteiger partial charge in [0, 0.05) is 36.6 Å². The number of sulfonamides is 1. The third-order valence-electron chi connectivity index (χ3n) is 6.06. The van der Waals surface area contributed by atoms with E-state index in [-0.39, 0.29) is 10.8 Å². The minimum Gasteiger partial charge on any atom is -0.379 e. The third kappa shape index (κ3) is 6.69. The van der Waals surface area contributed by atoms with E-state index in [9.17, 15) is 13.2 Å². The topological polar surface area (TPSA) is 87.7 Å². The van der Waals surface area contributed by atoms with Crippen molar-refractivity contribution in [1.82, 2.24) is 4.90 Å². The van der Waals surface area contributed by atoms with Gasteiger partial charge in [0.25, 0.3) is 15.9 Å². The molecule has 0 spiro atoms. The second-order valence-electron chi connectivity index (χ2n) is 8.81. The molecule has 1 heterocycles. The van der Waals surface area contributed by atoms with Crippen LogP contribution in [-0.4, -0.2) is 52.1 Å². The monoisotopic (exact) mass is 493 g/mol. The van der Waals surface area contributed by atoms with Gasteiger partial charge in [-0.3, -0.25) is 14.4 Å². The maximum absolute atomic E-state index is 12.8. The average molecular weight is 494 g/mol. The molecular weight excluding hydrogens is 462 g/mol. The molecule has 0 bridgehead atoms. The Morgan fingerprint density at radius 2 is 1.57 bits per heavy atom. The van der Waals surface area contributed by atoms with Gasteiger partial charge in [-0.05, 0) is 79.4 Å². The lowest BCUT2D eigenvalue weighted by Crippen LogP contribution is -2.37. The lowest BCUT2D eigenvalue weighted by molar-refractivity contribution is 0.0384. The Balaban J connectivity index is 1.33. The zero-order chi connectivity index (χ0) is 24.8. The highest BCUT2D eigenvalue weighted by Gasteiger charge is 2.17. The van der Waals surface area contributed by atoms with Crippen molar-refractivity contribution < 1.29 is 17.9 Å². The number of aryl methyl sites for hydroxylation is 2. The highest BCUT2D eigenvalue weighted by Crippen LogP contribution is 2.21. The van der Waals surface area contributed by atoms with Gasteiger partial charge in [0.2, 0.25) is 0 Å². The molecule has 1 aliphatic rings. The van der Waals surface area contributed by atoms with Crippen molar-refractivity contribution in [2.24, 2.45) is 0 Å². The molecule has 0 aliphatic carbocycles. The Kier molecular flexibility index (Phi) is 7.85. The van der Waals surface area contributed by atoms with Crippen LogP contribution in [0.1, 0.15) is 27.0 Å². The normalized spacial score (nSPS) is 14.5. The number of rotatable bonds is 8. The fourth-order valence-electron chi connectivity index (χ4n) is 3.97. The van der Waals surface area contributed by atoms with Gasteiger partial charge in [-0.15, -0.1) is 0 Å². The summed E-state index contributed by atoms with van der Waals surface area (Å²) >= 11 is 0. The van der Waals surface area contributed by atoms with Crippen molar-refractivity contribution >= 4 is 27.3 Å². The number of hydrogen-bond acceptors (Lipinski definition) is 5. The fourth-order valence-corrected chi connectivity index (χ4v) is 5.36. The molecule has 35 heavy (non-hydrogen) atoms. The van der Waals surface area contributed by atoms with E-state index in [4.69, 9.17) is 4.74 Å². The number of amides is 1. The first-order valence-electron chi connectivity index (χ1n) is 11.7. The highest BCUT2D eigenvalue weighted by molar-refractivity contribution is 7.92. The molecule has 0 saturated carbocycles. The van der Waals surface area contributed by atoms with Gasteiger partial charge in [0.15, 0.2) is 0 Å². The standard InChI is InChI=1S/C27H31N3O4S/c1-20-3-4-21(2)26(19-20)35(32,33)29-25-11-7-23(8-12-25)27(31)28-24-9-5-22(6-10-24)13-14-30-15-17-34-18-16-30/h3-12,19,29H,13-18H2,1-2H3,(H,28,31). The third-order valence-corrected chi connectivity index (χ3v) is 7.59. The van der Waals surface area contributed by atoms with Crippen LogP contribution in [0.25, 0.3) is 0 Å². The SMILES string of the molecule is Cc1ccc(C)c(S(=O)(=O)Nc2ccc(C(=O)Nc3ccc(CCN4CCOCC4)cc3)cc2)c1. The summed E-state index contributed by atoms with van der Waals surface area (Å²) in [6.45, 7) is 8.14. The second-order valence-corrected chi connectivity index (χ2v) is 10.5. The molecule has 3 aromatic rings. The molecule has 0 unspecified atom stereocenters. The molecular formula is C27H31N3O4S. The molecule has 184 valence electrons. The van der Waals surface area contributed by atoms with Crippen LogP contribution in [-0.2, 0) is 21.2 Å². The number of benzene rings is 3. The summed E-state index contributed by atoms with van der Waals surface area (Å²) in [5, 5.41) is 2.89. The lowest BCUT2D eigenvalue weighted by atomic mass is 10.1. The van der Waals surface area contributed by atoms with Crippen molar-refractivity contribution in [3.63, 3.8) is 0 Å². The summed E-state index contributed by atoms with van der Waals surface area (Å²) < 4.78 is 33.6. The fraction of sp³-hybridized carbons (Fsp3) is 0.296. The average Bonchev–Trinajstić information content (AvgIpc) is 2.86. The summed E-state index contributed by atoms with van der Waals surface area (Å²) in [7, 11) is -3.72. The smallest absolute Gasteiger partial charge is 0.262 e. The molecule has 0 atom stereocenters. The maximum Gasteiger partial charge on any atom is 0.262 e. The summed E-state index contributed by atoms with van der Waals surface area (Å²) in [6, 6.07) is 19.6. The summed E-state index contributed by atoms with van der Waals surface area (Å²) in [4.78, 5) is 15.3. The summed E-state index contributed by atoms with van der Waals surface area (Å²) in [6.07, 6.45) is 0.952. The predicted molar refractivity (Wildman–Crippen MR) is 139 cm³/mol. The summed E-state index contributed by atoms with van der Waals surface area (Å²) in [5.74, 6) is -0.255. The van der Waals surface area contributed by atoms with Crippen molar-refractivity contribution in [2.75, 3.05) is 42.9 Å². The number of morpholine rings is 1. The molecule has 4 rings (SSSR count). The molecule has 2 N–H and O–H groups in total. The molecule has 1 saturated heterocycles. The molecule has 1 amide bonds. The van der Waals surface area contributed by atoms with Gasteiger partial charge in [-0.2, -0.15) is 0 Å².